The Balaban J connectivity index is 1.87. The molecule has 0 unspecified atom stereocenters. The van der Waals surface area contributed by atoms with Crippen molar-refractivity contribution in [2.75, 3.05) is 37.7 Å². The molecule has 0 saturated heterocycles. The molecular weight excluding hydrogens is 406 g/mol. The number of hydrogen-bond donors (Lipinski definition) is 1. The number of benzene rings is 2. The Morgan fingerprint density at radius 3 is 2.19 bits per heavy atom. The first-order chi connectivity index (χ1) is 12.7. The van der Waals surface area contributed by atoms with Crippen molar-refractivity contribution in [2.24, 2.45) is 0 Å². The molecule has 1 N–H and O–H groups in total. The summed E-state index contributed by atoms with van der Waals surface area (Å²) >= 11 is 7.47. The zero-order valence-electron chi connectivity index (χ0n) is 15.3. The van der Waals surface area contributed by atoms with Gasteiger partial charge in [-0.3, -0.25) is 9.10 Å². The summed E-state index contributed by atoms with van der Waals surface area (Å²) in [5.41, 5.74) is 0.962. The first-order valence-corrected chi connectivity index (χ1v) is 10.9. The third-order valence-electron chi connectivity index (χ3n) is 3.77. The van der Waals surface area contributed by atoms with E-state index in [4.69, 9.17) is 11.6 Å². The zero-order chi connectivity index (χ0) is 20.0. The second kappa shape index (κ2) is 9.45. The lowest BCUT2D eigenvalue weighted by Crippen LogP contribution is -2.37. The predicted molar refractivity (Wildman–Crippen MR) is 112 cm³/mol. The molecule has 0 atom stereocenters. The van der Waals surface area contributed by atoms with E-state index in [0.29, 0.717) is 22.8 Å². The van der Waals surface area contributed by atoms with E-state index in [0.717, 1.165) is 19.3 Å². The standard InChI is InChI=1S/C18H22ClN3O3S2/c1-21(2)27(24,25)22(3)16-8-4-14(5-9-16)18(23)20-12-13-26-17-10-6-15(19)7-11-17/h4-11H,12-13H2,1-3H3,(H,20,23). The molecule has 0 saturated carbocycles. The van der Waals surface area contributed by atoms with Crippen molar-refractivity contribution in [1.82, 2.24) is 9.62 Å². The highest BCUT2D eigenvalue weighted by atomic mass is 35.5. The van der Waals surface area contributed by atoms with Gasteiger partial charge in [-0.25, -0.2) is 0 Å². The molecule has 146 valence electrons. The van der Waals surface area contributed by atoms with Gasteiger partial charge in [0, 0.05) is 48.9 Å². The van der Waals surface area contributed by atoms with Gasteiger partial charge in [-0.15, -0.1) is 11.8 Å². The zero-order valence-corrected chi connectivity index (χ0v) is 17.7. The predicted octanol–water partition coefficient (Wildman–Crippen LogP) is 3.10. The van der Waals surface area contributed by atoms with Gasteiger partial charge in [-0.05, 0) is 48.5 Å². The highest BCUT2D eigenvalue weighted by Gasteiger charge is 2.20. The molecule has 0 aromatic heterocycles. The quantitative estimate of drug-likeness (QED) is 0.519. The van der Waals surface area contributed by atoms with Gasteiger partial charge in [-0.2, -0.15) is 12.7 Å². The highest BCUT2D eigenvalue weighted by Crippen LogP contribution is 2.20. The van der Waals surface area contributed by atoms with Gasteiger partial charge in [-0.1, -0.05) is 11.6 Å². The minimum Gasteiger partial charge on any atom is -0.351 e. The lowest BCUT2D eigenvalue weighted by molar-refractivity contribution is 0.0956. The number of nitrogens with one attached hydrogen (secondary N) is 1. The molecule has 0 bridgehead atoms. The smallest absolute Gasteiger partial charge is 0.303 e. The second-order valence-electron chi connectivity index (χ2n) is 5.86. The summed E-state index contributed by atoms with van der Waals surface area (Å²) in [7, 11) is 0.852. The monoisotopic (exact) mass is 427 g/mol. The highest BCUT2D eigenvalue weighted by molar-refractivity contribution is 7.99. The van der Waals surface area contributed by atoms with Crippen molar-refractivity contribution in [3.8, 4) is 0 Å². The minimum atomic E-state index is -3.55. The number of nitrogens with zero attached hydrogens (tertiary/aromatic N) is 2. The van der Waals surface area contributed by atoms with E-state index in [1.54, 1.807) is 36.0 Å². The SMILES string of the molecule is CN(C)S(=O)(=O)N(C)c1ccc(C(=O)NCCSc2ccc(Cl)cc2)cc1. The average molecular weight is 428 g/mol. The summed E-state index contributed by atoms with van der Waals surface area (Å²) in [4.78, 5) is 13.3. The molecule has 0 aliphatic carbocycles. The summed E-state index contributed by atoms with van der Waals surface area (Å²) in [6, 6.07) is 14.0. The van der Waals surface area contributed by atoms with Crippen LogP contribution in [-0.2, 0) is 10.2 Å². The Morgan fingerprint density at radius 2 is 1.63 bits per heavy atom. The Bertz CT molecular complexity index is 870. The van der Waals surface area contributed by atoms with Gasteiger partial charge in [0.15, 0.2) is 0 Å². The molecule has 0 radical (unpaired) electrons. The maximum Gasteiger partial charge on any atom is 0.303 e. The number of anilines is 1. The van der Waals surface area contributed by atoms with Crippen LogP contribution in [0.2, 0.25) is 5.02 Å². The summed E-state index contributed by atoms with van der Waals surface area (Å²) in [6.07, 6.45) is 0. The molecule has 9 heteroatoms. The first kappa shape index (κ1) is 21.6. The van der Waals surface area contributed by atoms with E-state index in [1.165, 1.54) is 21.1 Å². The largest absolute Gasteiger partial charge is 0.351 e. The molecule has 1 amide bonds. The van der Waals surface area contributed by atoms with Crippen LogP contribution in [0.3, 0.4) is 0 Å². The molecule has 2 rings (SSSR count). The van der Waals surface area contributed by atoms with Crippen molar-refractivity contribution in [1.29, 1.82) is 0 Å². The fourth-order valence-electron chi connectivity index (χ4n) is 2.17. The van der Waals surface area contributed by atoms with Crippen molar-refractivity contribution < 1.29 is 13.2 Å². The van der Waals surface area contributed by atoms with Gasteiger partial charge in [0.2, 0.25) is 0 Å². The van der Waals surface area contributed by atoms with Gasteiger partial charge in [0.1, 0.15) is 0 Å². The van der Waals surface area contributed by atoms with Crippen molar-refractivity contribution in [3.05, 3.63) is 59.1 Å². The number of carbonyl (C=O) groups is 1. The lowest BCUT2D eigenvalue weighted by atomic mass is 10.2. The molecule has 0 aliphatic heterocycles. The van der Waals surface area contributed by atoms with Crippen LogP contribution in [0.25, 0.3) is 0 Å². The normalized spacial score (nSPS) is 11.4. The molecule has 0 aliphatic rings. The summed E-state index contributed by atoms with van der Waals surface area (Å²) in [6.45, 7) is 0.517. The van der Waals surface area contributed by atoms with Gasteiger partial charge in [0.05, 0.1) is 5.69 Å². The Kier molecular flexibility index (Phi) is 7.55. The maximum atomic E-state index is 12.2. The third kappa shape index (κ3) is 5.87. The van der Waals surface area contributed by atoms with E-state index in [-0.39, 0.29) is 5.91 Å². The van der Waals surface area contributed by atoms with E-state index in [2.05, 4.69) is 5.32 Å². The maximum absolute atomic E-state index is 12.2. The summed E-state index contributed by atoms with van der Waals surface area (Å²) in [5.74, 6) is 0.534. The Labute approximate surface area is 169 Å². The Morgan fingerprint density at radius 1 is 1.04 bits per heavy atom. The number of rotatable bonds is 8. The Hall–Kier alpha value is -1.74. The van der Waals surface area contributed by atoms with Crippen LogP contribution in [0.4, 0.5) is 5.69 Å². The van der Waals surface area contributed by atoms with Gasteiger partial charge >= 0.3 is 10.2 Å². The number of thioether (sulfide) groups is 1. The van der Waals surface area contributed by atoms with Crippen LogP contribution in [0.5, 0.6) is 0 Å². The van der Waals surface area contributed by atoms with E-state index in [1.807, 2.05) is 24.3 Å². The number of hydrogen-bond acceptors (Lipinski definition) is 4. The number of carbonyl (C=O) groups excluding carboxylic acids is 1. The number of amides is 1. The molecule has 2 aromatic rings. The lowest BCUT2D eigenvalue weighted by Gasteiger charge is -2.23. The molecule has 2 aromatic carbocycles. The van der Waals surface area contributed by atoms with E-state index >= 15 is 0 Å². The van der Waals surface area contributed by atoms with Crippen molar-refractivity contribution >= 4 is 45.2 Å². The molecule has 27 heavy (non-hydrogen) atoms. The molecule has 0 fully saturated rings. The van der Waals surface area contributed by atoms with Crippen LogP contribution >= 0.6 is 23.4 Å². The van der Waals surface area contributed by atoms with Crippen LogP contribution in [0.15, 0.2) is 53.4 Å². The topological polar surface area (TPSA) is 69.7 Å². The van der Waals surface area contributed by atoms with Crippen LogP contribution in [0.1, 0.15) is 10.4 Å². The van der Waals surface area contributed by atoms with Crippen molar-refractivity contribution in [2.45, 2.75) is 4.90 Å². The van der Waals surface area contributed by atoms with E-state index in [9.17, 15) is 13.2 Å². The van der Waals surface area contributed by atoms with Crippen LogP contribution in [0, 0.1) is 0 Å². The first-order valence-electron chi connectivity index (χ1n) is 8.15. The second-order valence-corrected chi connectivity index (χ2v) is 9.64. The minimum absolute atomic E-state index is 0.198. The van der Waals surface area contributed by atoms with Gasteiger partial charge in [0.25, 0.3) is 5.91 Å². The van der Waals surface area contributed by atoms with Crippen molar-refractivity contribution in [3.63, 3.8) is 0 Å². The molecule has 0 spiro atoms. The molecule has 0 heterocycles. The number of halogens is 1. The fraction of sp³-hybridized carbons (Fsp3) is 0.278. The summed E-state index contributed by atoms with van der Waals surface area (Å²) in [5, 5.41) is 3.55. The average Bonchev–Trinajstić information content (AvgIpc) is 2.65. The summed E-state index contributed by atoms with van der Waals surface area (Å²) < 4.78 is 26.5. The van der Waals surface area contributed by atoms with E-state index < -0.39 is 10.2 Å². The third-order valence-corrected chi connectivity index (χ3v) is 6.86. The molecule has 6 nitrogen and oxygen atoms in total. The molecular formula is C18H22ClN3O3S2. The van der Waals surface area contributed by atoms with Crippen LogP contribution < -0.4 is 9.62 Å². The fourth-order valence-corrected chi connectivity index (χ4v) is 3.94. The van der Waals surface area contributed by atoms with Gasteiger partial charge < -0.3 is 5.32 Å². The van der Waals surface area contributed by atoms with Crippen LogP contribution in [-0.4, -0.2) is 52.1 Å².